The molecular weight excluding hydrogens is 466 g/mol. The number of hydrogen-bond acceptors (Lipinski definition) is 7. The van der Waals surface area contributed by atoms with E-state index in [0.717, 1.165) is 23.4 Å². The molecule has 0 saturated heterocycles. The Hall–Kier alpha value is -2.72. The zero-order chi connectivity index (χ0) is 25.9. The molecule has 1 aromatic carbocycles. The summed E-state index contributed by atoms with van der Waals surface area (Å²) in [7, 11) is 8.95. The minimum absolute atomic E-state index is 0.0540. The minimum Gasteiger partial charge on any atom is -0.493 e. The molecule has 3 rings (SSSR count). The number of anilines is 1. The summed E-state index contributed by atoms with van der Waals surface area (Å²) >= 11 is 1.54. The second-order valence-corrected chi connectivity index (χ2v) is 11.0. The first-order valence-electron chi connectivity index (χ1n) is 11.6. The number of amides is 2. The molecule has 9 nitrogen and oxygen atoms in total. The van der Waals surface area contributed by atoms with Crippen molar-refractivity contribution in [2.24, 2.45) is 7.05 Å². The maximum absolute atomic E-state index is 13.3. The Morgan fingerprint density at radius 2 is 1.91 bits per heavy atom. The van der Waals surface area contributed by atoms with E-state index in [1.54, 1.807) is 23.8 Å². The molecule has 2 aromatic rings. The van der Waals surface area contributed by atoms with Crippen molar-refractivity contribution in [1.82, 2.24) is 20.0 Å². The number of likely N-dealkylation sites (N-methyl/N-ethyl adjacent to an activating group) is 1. The van der Waals surface area contributed by atoms with Crippen molar-refractivity contribution < 1.29 is 19.1 Å². The Morgan fingerprint density at radius 1 is 1.23 bits per heavy atom. The maximum atomic E-state index is 13.3. The van der Waals surface area contributed by atoms with Gasteiger partial charge in [-0.15, -0.1) is 11.8 Å². The number of methoxy groups -OCH3 is 2. The van der Waals surface area contributed by atoms with Crippen LogP contribution in [-0.4, -0.2) is 80.2 Å². The van der Waals surface area contributed by atoms with Gasteiger partial charge in [-0.3, -0.25) is 19.2 Å². The number of nitrogens with one attached hydrogen (secondary N) is 1. The van der Waals surface area contributed by atoms with Crippen molar-refractivity contribution in [1.29, 1.82) is 0 Å². The van der Waals surface area contributed by atoms with E-state index in [1.807, 2.05) is 44.2 Å². The Morgan fingerprint density at radius 3 is 2.51 bits per heavy atom. The first kappa shape index (κ1) is 26.9. The van der Waals surface area contributed by atoms with Crippen LogP contribution in [0, 0.1) is 0 Å². The van der Waals surface area contributed by atoms with Gasteiger partial charge < -0.3 is 19.7 Å². The molecule has 1 N–H and O–H groups in total. The summed E-state index contributed by atoms with van der Waals surface area (Å²) < 4.78 is 12.7. The van der Waals surface area contributed by atoms with Crippen LogP contribution in [0.3, 0.4) is 0 Å². The summed E-state index contributed by atoms with van der Waals surface area (Å²) in [5.41, 5.74) is 2.56. The fraction of sp³-hybridized carbons (Fsp3) is 0.560. The molecule has 192 valence electrons. The van der Waals surface area contributed by atoms with Gasteiger partial charge in [0.15, 0.2) is 11.5 Å². The fourth-order valence-electron chi connectivity index (χ4n) is 4.14. The number of benzene rings is 1. The highest BCUT2D eigenvalue weighted by molar-refractivity contribution is 8.00. The highest BCUT2D eigenvalue weighted by atomic mass is 32.2. The summed E-state index contributed by atoms with van der Waals surface area (Å²) in [5.74, 6) is 1.85. The minimum atomic E-state index is -0.270. The van der Waals surface area contributed by atoms with E-state index in [0.29, 0.717) is 23.9 Å². The molecule has 0 saturated carbocycles. The summed E-state index contributed by atoms with van der Waals surface area (Å²) in [6.07, 6.45) is 0. The standard InChI is InChI=1S/C25H37N5O4S/c1-25(2,3)23-21-22(16-9-10-17(33-7)18(13-16)34-8)35-15-20(32)30(24(21)29(6)27-23)14-19(31)26-11-12-28(4)5/h9-10,13,22H,11-12,14-15H2,1-8H3,(H,26,31). The molecule has 1 aromatic heterocycles. The number of hydrogen-bond donors (Lipinski definition) is 1. The molecule has 2 amide bonds. The van der Waals surface area contributed by atoms with Crippen LogP contribution in [-0.2, 0) is 22.1 Å². The quantitative estimate of drug-likeness (QED) is 0.592. The fourth-order valence-corrected chi connectivity index (χ4v) is 5.33. The van der Waals surface area contributed by atoms with Gasteiger partial charge in [0.1, 0.15) is 12.4 Å². The average Bonchev–Trinajstić information content (AvgIpc) is 3.06. The van der Waals surface area contributed by atoms with Crippen molar-refractivity contribution >= 4 is 29.4 Å². The van der Waals surface area contributed by atoms with Crippen molar-refractivity contribution in [3.63, 3.8) is 0 Å². The number of fused-ring (bicyclic) bond motifs is 1. The highest BCUT2D eigenvalue weighted by Crippen LogP contribution is 2.48. The molecule has 1 aliphatic rings. The maximum Gasteiger partial charge on any atom is 0.240 e. The van der Waals surface area contributed by atoms with Crippen molar-refractivity contribution in [2.45, 2.75) is 31.4 Å². The van der Waals surface area contributed by atoms with Crippen LogP contribution in [0.4, 0.5) is 5.82 Å². The number of nitrogens with zero attached hydrogens (tertiary/aromatic N) is 4. The van der Waals surface area contributed by atoms with Crippen molar-refractivity contribution in [3.05, 3.63) is 35.0 Å². The molecular formula is C25H37N5O4S. The van der Waals surface area contributed by atoms with Gasteiger partial charge >= 0.3 is 0 Å². The van der Waals surface area contributed by atoms with Crippen LogP contribution in [0.1, 0.15) is 42.8 Å². The Balaban J connectivity index is 2.09. The van der Waals surface area contributed by atoms with Crippen LogP contribution >= 0.6 is 11.8 Å². The van der Waals surface area contributed by atoms with Crippen LogP contribution in [0.5, 0.6) is 11.5 Å². The van der Waals surface area contributed by atoms with Gasteiger partial charge in [-0.2, -0.15) is 5.10 Å². The zero-order valence-electron chi connectivity index (χ0n) is 22.0. The SMILES string of the molecule is COc1ccc(C2SCC(=O)N(CC(=O)NCCN(C)C)c3c2c(C(C)(C)C)nn3C)cc1OC. The lowest BCUT2D eigenvalue weighted by molar-refractivity contribution is -0.122. The van der Waals surface area contributed by atoms with E-state index >= 15 is 0 Å². The topological polar surface area (TPSA) is 88.9 Å². The third-order valence-electron chi connectivity index (χ3n) is 5.85. The molecule has 1 unspecified atom stereocenters. The van der Waals surface area contributed by atoms with Gasteiger partial charge in [-0.05, 0) is 31.8 Å². The molecule has 10 heteroatoms. The van der Waals surface area contributed by atoms with Crippen LogP contribution in [0.2, 0.25) is 0 Å². The van der Waals surface area contributed by atoms with E-state index in [-0.39, 0.29) is 34.8 Å². The number of ether oxygens (including phenoxy) is 2. The Kier molecular flexibility index (Phi) is 8.38. The molecule has 0 radical (unpaired) electrons. The highest BCUT2D eigenvalue weighted by Gasteiger charge is 2.39. The van der Waals surface area contributed by atoms with Gasteiger partial charge in [0, 0.05) is 31.1 Å². The van der Waals surface area contributed by atoms with E-state index in [2.05, 4.69) is 26.1 Å². The molecule has 0 spiro atoms. The molecule has 1 aliphatic heterocycles. The third-order valence-corrected chi connectivity index (χ3v) is 7.10. The molecule has 2 heterocycles. The monoisotopic (exact) mass is 503 g/mol. The predicted molar refractivity (Wildman–Crippen MR) is 140 cm³/mol. The number of rotatable bonds is 8. The van der Waals surface area contributed by atoms with E-state index in [4.69, 9.17) is 14.6 Å². The van der Waals surface area contributed by atoms with E-state index in [9.17, 15) is 9.59 Å². The number of carbonyl (C=O) groups is 2. The summed E-state index contributed by atoms with van der Waals surface area (Å²) in [5, 5.41) is 7.60. The van der Waals surface area contributed by atoms with E-state index in [1.165, 1.54) is 11.8 Å². The smallest absolute Gasteiger partial charge is 0.240 e. The van der Waals surface area contributed by atoms with Crippen LogP contribution in [0.25, 0.3) is 0 Å². The second-order valence-electron chi connectivity index (χ2n) is 9.90. The van der Waals surface area contributed by atoms with Gasteiger partial charge in [-0.1, -0.05) is 26.8 Å². The lowest BCUT2D eigenvalue weighted by Gasteiger charge is -2.24. The molecule has 0 aliphatic carbocycles. The van der Waals surface area contributed by atoms with Gasteiger partial charge in [0.25, 0.3) is 0 Å². The number of carbonyl (C=O) groups excluding carboxylic acids is 2. The number of aromatic nitrogens is 2. The van der Waals surface area contributed by atoms with Crippen molar-refractivity contribution in [3.8, 4) is 11.5 Å². The van der Waals surface area contributed by atoms with Crippen molar-refractivity contribution in [2.75, 3.05) is 58.6 Å². The Labute approximate surface area is 212 Å². The van der Waals surface area contributed by atoms with Gasteiger partial charge in [0.05, 0.1) is 30.9 Å². The van der Waals surface area contributed by atoms with E-state index < -0.39 is 0 Å². The first-order chi connectivity index (χ1) is 16.5. The van der Waals surface area contributed by atoms with Crippen LogP contribution in [0.15, 0.2) is 18.2 Å². The number of aryl methyl sites for hydroxylation is 1. The van der Waals surface area contributed by atoms with Gasteiger partial charge in [0.2, 0.25) is 11.8 Å². The Bertz CT molecular complexity index is 1080. The summed E-state index contributed by atoms with van der Waals surface area (Å²) in [4.78, 5) is 29.7. The average molecular weight is 504 g/mol. The predicted octanol–water partition coefficient (Wildman–Crippen LogP) is 2.58. The number of thioether (sulfide) groups is 1. The zero-order valence-corrected chi connectivity index (χ0v) is 22.8. The second kappa shape index (κ2) is 10.9. The normalized spacial score (nSPS) is 16.2. The van der Waals surface area contributed by atoms with Crippen LogP contribution < -0.4 is 19.7 Å². The largest absolute Gasteiger partial charge is 0.493 e. The lowest BCUT2D eigenvalue weighted by atomic mass is 9.87. The lowest BCUT2D eigenvalue weighted by Crippen LogP contribution is -2.43. The first-order valence-corrected chi connectivity index (χ1v) is 12.7. The third kappa shape index (κ3) is 5.92. The summed E-state index contributed by atoms with van der Waals surface area (Å²) in [6.45, 7) is 7.51. The summed E-state index contributed by atoms with van der Waals surface area (Å²) in [6, 6.07) is 5.83. The molecule has 0 fully saturated rings. The molecule has 35 heavy (non-hydrogen) atoms. The van der Waals surface area contributed by atoms with Gasteiger partial charge in [-0.25, -0.2) is 0 Å². The molecule has 1 atom stereocenters. The molecule has 0 bridgehead atoms.